The number of aromatic hydroxyl groups is 1. The Morgan fingerprint density at radius 2 is 1.38 bits per heavy atom. The highest BCUT2D eigenvalue weighted by Crippen LogP contribution is 2.23. The van der Waals surface area contributed by atoms with Gasteiger partial charge in [0.25, 0.3) is 5.56 Å². The monoisotopic (exact) mass is 443 g/mol. The van der Waals surface area contributed by atoms with Crippen molar-refractivity contribution >= 4 is 30.1 Å². The van der Waals surface area contributed by atoms with E-state index < -0.39 is 17.4 Å². The van der Waals surface area contributed by atoms with Crippen LogP contribution < -0.4 is 5.56 Å². The fraction of sp³-hybridized carbons (Fsp3) is 0. The smallest absolute Gasteiger partial charge is 0.337 e. The predicted molar refractivity (Wildman–Crippen MR) is 125 cm³/mol. The Morgan fingerprint density at radius 1 is 0.844 bits per heavy atom. The van der Waals surface area contributed by atoms with E-state index in [-0.39, 0.29) is 21.6 Å². The summed E-state index contributed by atoms with van der Waals surface area (Å²) in [7, 11) is 0. The van der Waals surface area contributed by atoms with Crippen molar-refractivity contribution in [3.8, 4) is 17.3 Å². The maximum atomic E-state index is 13.4. The van der Waals surface area contributed by atoms with Gasteiger partial charge in [0.05, 0.1) is 22.6 Å². The topological polar surface area (TPSA) is 96.8 Å². The molecule has 0 atom stereocenters. The third-order valence-corrected chi connectivity index (χ3v) is 5.13. The van der Waals surface area contributed by atoms with E-state index >= 15 is 0 Å². The number of aliphatic imine (C=N–C) groups is 1. The SMILES string of the molecule is O=C(O)c1ccccc1N=Cc1c(O)n(-c2ccccc2)c(=S)n(-c2ccccc2)c1=O. The molecule has 0 saturated heterocycles. The number of carbonyl (C=O) groups is 1. The predicted octanol–water partition coefficient (Wildman–Crippen LogP) is 4.51. The Morgan fingerprint density at radius 3 is 1.97 bits per heavy atom. The second kappa shape index (κ2) is 8.83. The maximum Gasteiger partial charge on any atom is 0.337 e. The number of hydrogen-bond acceptors (Lipinski definition) is 5. The lowest BCUT2D eigenvalue weighted by atomic mass is 10.2. The Labute approximate surface area is 187 Å². The van der Waals surface area contributed by atoms with Crippen molar-refractivity contribution in [2.24, 2.45) is 4.99 Å². The molecule has 0 saturated carbocycles. The van der Waals surface area contributed by atoms with Crippen molar-refractivity contribution in [1.82, 2.24) is 9.13 Å². The second-order valence-corrected chi connectivity index (χ2v) is 7.11. The summed E-state index contributed by atoms with van der Waals surface area (Å²) in [5, 5.41) is 20.4. The number of hydrogen-bond donors (Lipinski definition) is 2. The molecule has 0 aliphatic carbocycles. The Balaban J connectivity index is 2.01. The molecule has 7 nitrogen and oxygen atoms in total. The number of benzene rings is 3. The van der Waals surface area contributed by atoms with Crippen LogP contribution in [0.2, 0.25) is 0 Å². The summed E-state index contributed by atoms with van der Waals surface area (Å²) in [6.45, 7) is 0. The van der Waals surface area contributed by atoms with Crippen molar-refractivity contribution in [2.75, 3.05) is 0 Å². The molecule has 0 fully saturated rings. The largest absolute Gasteiger partial charge is 0.494 e. The lowest BCUT2D eigenvalue weighted by Crippen LogP contribution is -2.27. The first-order valence-electron chi connectivity index (χ1n) is 9.57. The van der Waals surface area contributed by atoms with Crippen LogP contribution in [0.25, 0.3) is 11.4 Å². The molecule has 0 unspecified atom stereocenters. The molecule has 0 spiro atoms. The molecule has 1 aromatic heterocycles. The van der Waals surface area contributed by atoms with Gasteiger partial charge < -0.3 is 10.2 Å². The molecule has 0 aliphatic rings. The minimum absolute atomic E-state index is 0.0255. The van der Waals surface area contributed by atoms with E-state index in [9.17, 15) is 19.8 Å². The van der Waals surface area contributed by atoms with Gasteiger partial charge in [0.1, 0.15) is 5.56 Å². The van der Waals surface area contributed by atoms with E-state index in [0.717, 1.165) is 6.21 Å². The van der Waals surface area contributed by atoms with Crippen molar-refractivity contribution in [2.45, 2.75) is 0 Å². The minimum atomic E-state index is -1.15. The van der Waals surface area contributed by atoms with Gasteiger partial charge >= 0.3 is 5.97 Å². The van der Waals surface area contributed by atoms with E-state index in [4.69, 9.17) is 12.2 Å². The molecular weight excluding hydrogens is 426 g/mol. The van der Waals surface area contributed by atoms with Gasteiger partial charge in [-0.15, -0.1) is 0 Å². The van der Waals surface area contributed by atoms with Crippen molar-refractivity contribution in [3.05, 3.63) is 111 Å². The van der Waals surface area contributed by atoms with Crippen molar-refractivity contribution in [1.29, 1.82) is 0 Å². The van der Waals surface area contributed by atoms with Crippen LogP contribution in [-0.4, -0.2) is 31.5 Å². The lowest BCUT2D eigenvalue weighted by molar-refractivity contribution is 0.0698. The summed E-state index contributed by atoms with van der Waals surface area (Å²) >= 11 is 5.57. The fourth-order valence-corrected chi connectivity index (χ4v) is 3.62. The van der Waals surface area contributed by atoms with Crippen LogP contribution in [0.1, 0.15) is 15.9 Å². The molecule has 0 amide bonds. The van der Waals surface area contributed by atoms with Crippen LogP contribution in [0, 0.1) is 4.77 Å². The molecule has 4 aromatic rings. The standard InChI is InChI=1S/C24H17N3O4S/c28-21-19(15-25-20-14-8-7-13-18(20)23(30)31)22(29)27(17-11-5-2-6-12-17)24(32)26(21)16-9-3-1-4-10-16/h1-15,28H,(H,30,31). The van der Waals surface area contributed by atoms with Crippen LogP contribution >= 0.6 is 12.2 Å². The number of carboxylic acids is 1. The molecular formula is C24H17N3O4S. The number of carboxylic acid groups (broad SMARTS) is 1. The number of aromatic carboxylic acids is 1. The van der Waals surface area contributed by atoms with Crippen LogP contribution in [0.15, 0.2) is 94.7 Å². The van der Waals surface area contributed by atoms with Crippen LogP contribution in [0.4, 0.5) is 5.69 Å². The van der Waals surface area contributed by atoms with E-state index in [1.807, 2.05) is 12.1 Å². The van der Waals surface area contributed by atoms with E-state index in [1.54, 1.807) is 60.7 Å². The van der Waals surface area contributed by atoms with Crippen LogP contribution in [-0.2, 0) is 0 Å². The highest BCUT2D eigenvalue weighted by atomic mass is 32.1. The number of aromatic nitrogens is 2. The summed E-state index contributed by atoms with van der Waals surface area (Å²) in [5.74, 6) is -1.54. The second-order valence-electron chi connectivity index (χ2n) is 6.75. The van der Waals surface area contributed by atoms with Gasteiger partial charge in [0.15, 0.2) is 4.77 Å². The van der Waals surface area contributed by atoms with Gasteiger partial charge in [-0.05, 0) is 48.6 Å². The first-order valence-corrected chi connectivity index (χ1v) is 9.98. The quantitative estimate of drug-likeness (QED) is 0.349. The third kappa shape index (κ3) is 3.86. The van der Waals surface area contributed by atoms with Gasteiger partial charge in [0, 0.05) is 6.21 Å². The lowest BCUT2D eigenvalue weighted by Gasteiger charge is -2.16. The van der Waals surface area contributed by atoms with E-state index in [2.05, 4.69) is 4.99 Å². The van der Waals surface area contributed by atoms with E-state index in [0.29, 0.717) is 11.4 Å². The number of nitrogens with zero attached hydrogens (tertiary/aromatic N) is 3. The fourth-order valence-electron chi connectivity index (χ4n) is 3.24. The van der Waals surface area contributed by atoms with Gasteiger partial charge in [-0.3, -0.25) is 18.9 Å². The molecule has 0 bridgehead atoms. The first-order chi connectivity index (χ1) is 15.5. The van der Waals surface area contributed by atoms with Gasteiger partial charge in [-0.1, -0.05) is 48.5 Å². The zero-order valence-electron chi connectivity index (χ0n) is 16.6. The zero-order valence-corrected chi connectivity index (χ0v) is 17.4. The van der Waals surface area contributed by atoms with Crippen molar-refractivity contribution < 1.29 is 15.0 Å². The molecule has 8 heteroatoms. The highest BCUT2D eigenvalue weighted by Gasteiger charge is 2.18. The molecule has 2 N–H and O–H groups in total. The molecule has 158 valence electrons. The average molecular weight is 443 g/mol. The molecule has 4 rings (SSSR count). The summed E-state index contributed by atoms with van der Waals surface area (Å²) in [6.07, 6.45) is 1.16. The first kappa shape index (κ1) is 21.0. The normalized spacial score (nSPS) is 11.0. The molecule has 0 aliphatic heterocycles. The Bertz CT molecular complexity index is 1440. The molecule has 0 radical (unpaired) electrons. The van der Waals surface area contributed by atoms with Gasteiger partial charge in [0.2, 0.25) is 5.88 Å². The Kier molecular flexibility index (Phi) is 5.78. The van der Waals surface area contributed by atoms with Crippen LogP contribution in [0.3, 0.4) is 0 Å². The zero-order chi connectivity index (χ0) is 22.7. The third-order valence-electron chi connectivity index (χ3n) is 4.76. The summed E-state index contributed by atoms with van der Waals surface area (Å²) in [5.41, 5.74) is 0.489. The number of para-hydroxylation sites is 3. The Hall–Kier alpha value is -4.30. The summed E-state index contributed by atoms with van der Waals surface area (Å²) in [6, 6.07) is 23.8. The van der Waals surface area contributed by atoms with Crippen LogP contribution in [0.5, 0.6) is 5.88 Å². The molecule has 3 aromatic carbocycles. The minimum Gasteiger partial charge on any atom is -0.494 e. The van der Waals surface area contributed by atoms with Crippen molar-refractivity contribution in [3.63, 3.8) is 0 Å². The molecule has 32 heavy (non-hydrogen) atoms. The van der Waals surface area contributed by atoms with Gasteiger partial charge in [-0.25, -0.2) is 4.79 Å². The average Bonchev–Trinajstić information content (AvgIpc) is 2.80. The molecule has 1 heterocycles. The summed E-state index contributed by atoms with van der Waals surface area (Å²) in [4.78, 5) is 29.0. The maximum absolute atomic E-state index is 13.4. The summed E-state index contributed by atoms with van der Waals surface area (Å²) < 4.78 is 2.74. The van der Waals surface area contributed by atoms with E-state index in [1.165, 1.54) is 21.3 Å². The highest BCUT2D eigenvalue weighted by molar-refractivity contribution is 7.71. The number of rotatable bonds is 5. The van der Waals surface area contributed by atoms with Gasteiger partial charge in [-0.2, -0.15) is 0 Å².